The third kappa shape index (κ3) is 2.42. The van der Waals surface area contributed by atoms with Gasteiger partial charge in [0.25, 0.3) is 0 Å². The first kappa shape index (κ1) is 11.9. The van der Waals surface area contributed by atoms with E-state index in [1.54, 1.807) is 0 Å². The number of hydrogen-bond donors (Lipinski definition) is 1. The van der Waals surface area contributed by atoms with Crippen molar-refractivity contribution in [1.29, 1.82) is 5.26 Å². The summed E-state index contributed by atoms with van der Waals surface area (Å²) in [6.45, 7) is 1.89. The highest BCUT2D eigenvalue weighted by Crippen LogP contribution is 2.37. The monoisotopic (exact) mass is 250 g/mol. The van der Waals surface area contributed by atoms with Gasteiger partial charge in [0.1, 0.15) is 11.1 Å². The quantitative estimate of drug-likeness (QED) is 0.813. The maximum Gasteiger partial charge on any atom is 0.302 e. The molecule has 2 rings (SSSR count). The molecule has 0 aliphatic heterocycles. The lowest BCUT2D eigenvalue weighted by molar-refractivity contribution is -0.142. The molecule has 0 amide bonds. The van der Waals surface area contributed by atoms with Crippen LogP contribution in [-0.2, 0) is 22.4 Å². The second-order valence-corrected chi connectivity index (χ2v) is 5.40. The van der Waals surface area contributed by atoms with Gasteiger partial charge in [-0.2, -0.15) is 5.26 Å². The summed E-state index contributed by atoms with van der Waals surface area (Å²) in [5, 5.41) is 9.63. The molecule has 0 radical (unpaired) electrons. The highest BCUT2D eigenvalue weighted by atomic mass is 32.1. The van der Waals surface area contributed by atoms with Crippen molar-refractivity contribution in [3.8, 4) is 6.07 Å². The van der Waals surface area contributed by atoms with Crippen molar-refractivity contribution in [2.45, 2.75) is 26.2 Å². The lowest BCUT2D eigenvalue weighted by atomic mass is 9.88. The number of thiophene rings is 1. The highest BCUT2D eigenvalue weighted by molar-refractivity contribution is 7.16. The Bertz CT molecular complexity index is 487. The number of hydrogen-bond acceptors (Lipinski definition) is 5. The number of rotatable bonds is 2. The Morgan fingerprint density at radius 2 is 2.47 bits per heavy atom. The van der Waals surface area contributed by atoms with Gasteiger partial charge in [0, 0.05) is 11.8 Å². The highest BCUT2D eigenvalue weighted by Gasteiger charge is 2.25. The van der Waals surface area contributed by atoms with Crippen molar-refractivity contribution in [1.82, 2.24) is 0 Å². The fourth-order valence-corrected chi connectivity index (χ4v) is 3.36. The molecule has 0 saturated heterocycles. The van der Waals surface area contributed by atoms with E-state index in [0.717, 1.165) is 24.8 Å². The van der Waals surface area contributed by atoms with Gasteiger partial charge in [-0.3, -0.25) is 4.79 Å². The van der Waals surface area contributed by atoms with Crippen molar-refractivity contribution in [2.24, 2.45) is 5.92 Å². The van der Waals surface area contributed by atoms with Crippen LogP contribution < -0.4 is 5.73 Å². The number of carbonyl (C=O) groups is 1. The van der Waals surface area contributed by atoms with E-state index in [9.17, 15) is 4.79 Å². The second kappa shape index (κ2) is 4.76. The van der Waals surface area contributed by atoms with E-state index in [1.807, 2.05) is 0 Å². The summed E-state index contributed by atoms with van der Waals surface area (Å²) in [6.07, 6.45) is 2.67. The van der Waals surface area contributed by atoms with Crippen LogP contribution in [0.15, 0.2) is 0 Å². The van der Waals surface area contributed by atoms with Crippen LogP contribution >= 0.6 is 11.3 Å². The molecule has 1 aliphatic carbocycles. The summed E-state index contributed by atoms with van der Waals surface area (Å²) in [7, 11) is 0. The van der Waals surface area contributed by atoms with Gasteiger partial charge in [0.15, 0.2) is 0 Å². The van der Waals surface area contributed by atoms with Gasteiger partial charge in [-0.25, -0.2) is 0 Å². The number of anilines is 1. The van der Waals surface area contributed by atoms with Gasteiger partial charge in [-0.1, -0.05) is 0 Å². The van der Waals surface area contributed by atoms with Crippen molar-refractivity contribution in [2.75, 3.05) is 12.3 Å². The number of esters is 1. The van der Waals surface area contributed by atoms with Crippen LogP contribution in [0.4, 0.5) is 5.00 Å². The van der Waals surface area contributed by atoms with Gasteiger partial charge in [0.05, 0.1) is 12.2 Å². The van der Waals surface area contributed by atoms with E-state index < -0.39 is 0 Å². The number of ether oxygens (including phenoxy) is 1. The number of fused-ring (bicyclic) bond motifs is 1. The normalized spacial score (nSPS) is 18.2. The van der Waals surface area contributed by atoms with Crippen LogP contribution in [0.1, 0.15) is 29.3 Å². The molecule has 0 aromatic carbocycles. The van der Waals surface area contributed by atoms with Crippen molar-refractivity contribution in [3.63, 3.8) is 0 Å². The molecule has 1 atom stereocenters. The molecular weight excluding hydrogens is 236 g/mol. The van der Waals surface area contributed by atoms with E-state index in [1.165, 1.54) is 23.1 Å². The average molecular weight is 250 g/mol. The standard InChI is InChI=1S/C12H14N2O2S/c1-7(15)16-6-8-2-3-9-10(5-13)12(14)17-11(9)4-8/h8H,2-4,6,14H2,1H3/t8-/m1/s1. The summed E-state index contributed by atoms with van der Waals surface area (Å²) in [5.74, 6) is 0.121. The Labute approximate surface area is 104 Å². The topological polar surface area (TPSA) is 76.1 Å². The Morgan fingerprint density at radius 1 is 1.71 bits per heavy atom. The molecule has 2 N–H and O–H groups in total. The summed E-state index contributed by atoms with van der Waals surface area (Å²) in [6, 6.07) is 2.17. The molecule has 4 nitrogen and oxygen atoms in total. The first-order chi connectivity index (χ1) is 8.11. The minimum absolute atomic E-state index is 0.237. The van der Waals surface area contributed by atoms with Gasteiger partial charge in [0.2, 0.25) is 0 Å². The fourth-order valence-electron chi connectivity index (χ4n) is 2.18. The van der Waals surface area contributed by atoms with Crippen molar-refractivity contribution >= 4 is 22.3 Å². The zero-order chi connectivity index (χ0) is 12.4. The van der Waals surface area contributed by atoms with E-state index in [-0.39, 0.29) is 5.97 Å². The Morgan fingerprint density at radius 3 is 3.12 bits per heavy atom. The molecule has 90 valence electrons. The zero-order valence-corrected chi connectivity index (χ0v) is 10.5. The SMILES string of the molecule is CC(=O)OC[C@@H]1CCc2c(sc(N)c2C#N)C1. The Hall–Kier alpha value is -1.54. The smallest absolute Gasteiger partial charge is 0.302 e. The first-order valence-electron chi connectivity index (χ1n) is 5.55. The largest absolute Gasteiger partial charge is 0.466 e. The second-order valence-electron chi connectivity index (χ2n) is 4.27. The van der Waals surface area contributed by atoms with Crippen LogP contribution in [-0.4, -0.2) is 12.6 Å². The third-order valence-corrected chi connectivity index (χ3v) is 4.11. The predicted octanol–water partition coefficient (Wildman–Crippen LogP) is 1.87. The maximum absolute atomic E-state index is 10.8. The molecule has 0 saturated carbocycles. The molecule has 0 fully saturated rings. The molecule has 0 spiro atoms. The molecule has 17 heavy (non-hydrogen) atoms. The van der Waals surface area contributed by atoms with Gasteiger partial charge in [-0.05, 0) is 30.7 Å². The molecule has 1 heterocycles. The maximum atomic E-state index is 10.8. The summed E-state index contributed by atoms with van der Waals surface area (Å²) in [5.41, 5.74) is 7.56. The van der Waals surface area contributed by atoms with Gasteiger partial charge in [-0.15, -0.1) is 11.3 Å². The lowest BCUT2D eigenvalue weighted by Crippen LogP contribution is -2.19. The van der Waals surface area contributed by atoms with E-state index >= 15 is 0 Å². The number of nitrogens with two attached hydrogens (primary N) is 1. The third-order valence-electron chi connectivity index (χ3n) is 3.03. The lowest BCUT2D eigenvalue weighted by Gasteiger charge is -2.21. The molecule has 0 unspecified atom stereocenters. The van der Waals surface area contributed by atoms with Gasteiger partial charge < -0.3 is 10.5 Å². The average Bonchev–Trinajstić information content (AvgIpc) is 2.60. The molecule has 1 aromatic rings. The van der Waals surface area contributed by atoms with Crippen molar-refractivity contribution < 1.29 is 9.53 Å². The summed E-state index contributed by atoms with van der Waals surface area (Å²) >= 11 is 1.49. The van der Waals surface area contributed by atoms with E-state index in [0.29, 0.717) is 23.1 Å². The minimum Gasteiger partial charge on any atom is -0.466 e. The molecule has 0 bridgehead atoms. The van der Waals surface area contributed by atoms with Crippen LogP contribution in [0.3, 0.4) is 0 Å². The number of carbonyl (C=O) groups excluding carboxylic acids is 1. The molecule has 5 heteroatoms. The number of nitriles is 1. The predicted molar refractivity (Wildman–Crippen MR) is 65.6 cm³/mol. The van der Waals surface area contributed by atoms with Gasteiger partial charge >= 0.3 is 5.97 Å². The fraction of sp³-hybridized carbons (Fsp3) is 0.500. The first-order valence-corrected chi connectivity index (χ1v) is 6.37. The van der Waals surface area contributed by atoms with E-state index in [2.05, 4.69) is 6.07 Å². The van der Waals surface area contributed by atoms with Crippen LogP contribution in [0, 0.1) is 17.2 Å². The van der Waals surface area contributed by atoms with E-state index in [4.69, 9.17) is 15.7 Å². The Balaban J connectivity index is 2.10. The van der Waals surface area contributed by atoms with Crippen LogP contribution in [0.2, 0.25) is 0 Å². The zero-order valence-electron chi connectivity index (χ0n) is 9.66. The van der Waals surface area contributed by atoms with Crippen molar-refractivity contribution in [3.05, 3.63) is 16.0 Å². The molecular formula is C12H14N2O2S. The molecule has 1 aliphatic rings. The molecule has 1 aromatic heterocycles. The summed E-state index contributed by atoms with van der Waals surface area (Å²) < 4.78 is 5.03. The van der Waals surface area contributed by atoms with Crippen LogP contribution in [0.5, 0.6) is 0 Å². The Kier molecular flexibility index (Phi) is 3.34. The van der Waals surface area contributed by atoms with Crippen LogP contribution in [0.25, 0.3) is 0 Å². The number of nitrogens with zero attached hydrogens (tertiary/aromatic N) is 1. The number of nitrogen functional groups attached to an aromatic ring is 1. The summed E-state index contributed by atoms with van der Waals surface area (Å²) in [4.78, 5) is 11.9. The minimum atomic E-state index is -0.237.